The number of benzene rings is 1. The molecule has 1 saturated carbocycles. The van der Waals surface area contributed by atoms with E-state index in [1.54, 1.807) is 29.2 Å². The fraction of sp³-hybridized carbons (Fsp3) is 0.296. The molecule has 37 heavy (non-hydrogen) atoms. The average Bonchev–Trinajstić information content (AvgIpc) is 3.65. The number of aromatic nitrogens is 6. The quantitative estimate of drug-likeness (QED) is 0.316. The second-order valence-corrected chi connectivity index (χ2v) is 9.92. The van der Waals surface area contributed by atoms with Crippen molar-refractivity contribution < 1.29 is 9.21 Å². The SMILES string of the molecule is Cn1cc(-c2cnc3[nH]cc(-c4nnc(Cc5ccc(C(=O)NC6CCCCC6)cc5Cl)o4)c3c2)cn1. The zero-order chi connectivity index (χ0) is 25.4. The minimum Gasteiger partial charge on any atom is -0.420 e. The van der Waals surface area contributed by atoms with Crippen LogP contribution in [0.4, 0.5) is 0 Å². The van der Waals surface area contributed by atoms with Crippen LogP contribution in [-0.2, 0) is 13.5 Å². The zero-order valence-electron chi connectivity index (χ0n) is 20.4. The molecule has 1 aliphatic rings. The molecule has 5 aromatic rings. The van der Waals surface area contributed by atoms with Crippen LogP contribution in [0.5, 0.6) is 0 Å². The molecule has 0 spiro atoms. The normalized spacial score (nSPS) is 14.3. The van der Waals surface area contributed by atoms with Crippen molar-refractivity contribution in [3.63, 3.8) is 0 Å². The Bertz CT molecular complexity index is 1580. The summed E-state index contributed by atoms with van der Waals surface area (Å²) in [7, 11) is 1.88. The lowest BCUT2D eigenvalue weighted by atomic mass is 9.95. The number of hydrogen-bond donors (Lipinski definition) is 2. The van der Waals surface area contributed by atoms with Crippen LogP contribution in [0.3, 0.4) is 0 Å². The van der Waals surface area contributed by atoms with E-state index in [0.29, 0.717) is 28.8 Å². The fourth-order valence-electron chi connectivity index (χ4n) is 4.85. The number of hydrogen-bond acceptors (Lipinski definition) is 6. The van der Waals surface area contributed by atoms with Gasteiger partial charge < -0.3 is 14.7 Å². The van der Waals surface area contributed by atoms with Crippen LogP contribution in [0.1, 0.15) is 53.9 Å². The monoisotopic (exact) mass is 515 g/mol. The Morgan fingerprint density at radius 2 is 2.03 bits per heavy atom. The number of carbonyl (C=O) groups excluding carboxylic acids is 1. The van der Waals surface area contributed by atoms with Gasteiger partial charge in [-0.05, 0) is 36.6 Å². The zero-order valence-corrected chi connectivity index (χ0v) is 21.1. The molecule has 1 aromatic carbocycles. The topological polar surface area (TPSA) is 115 Å². The number of amides is 1. The van der Waals surface area contributed by atoms with Crippen LogP contribution in [0.2, 0.25) is 5.02 Å². The van der Waals surface area contributed by atoms with E-state index < -0.39 is 0 Å². The van der Waals surface area contributed by atoms with Crippen LogP contribution in [0.15, 0.2) is 53.5 Å². The molecule has 1 fully saturated rings. The number of aromatic amines is 1. The molecule has 0 saturated heterocycles. The van der Waals surface area contributed by atoms with E-state index in [-0.39, 0.29) is 11.9 Å². The van der Waals surface area contributed by atoms with E-state index in [1.807, 2.05) is 31.6 Å². The molecule has 0 aliphatic heterocycles. The third-order valence-electron chi connectivity index (χ3n) is 6.86. The van der Waals surface area contributed by atoms with Gasteiger partial charge in [0.25, 0.3) is 5.91 Å². The van der Waals surface area contributed by atoms with Crippen LogP contribution in [0.25, 0.3) is 33.6 Å². The first-order valence-electron chi connectivity index (χ1n) is 12.4. The second kappa shape index (κ2) is 9.82. The molecule has 10 heteroatoms. The third kappa shape index (κ3) is 4.86. The highest BCUT2D eigenvalue weighted by Gasteiger charge is 2.19. The molecular formula is C27H26ClN7O2. The molecule has 0 unspecified atom stereocenters. The molecule has 0 atom stereocenters. The number of nitrogens with one attached hydrogen (secondary N) is 2. The minimum absolute atomic E-state index is 0.0842. The molecule has 9 nitrogen and oxygen atoms in total. The Morgan fingerprint density at radius 1 is 1.16 bits per heavy atom. The number of rotatable bonds is 6. The maximum absolute atomic E-state index is 12.7. The van der Waals surface area contributed by atoms with Gasteiger partial charge in [0.2, 0.25) is 11.8 Å². The lowest BCUT2D eigenvalue weighted by Gasteiger charge is -2.22. The third-order valence-corrected chi connectivity index (χ3v) is 7.22. The van der Waals surface area contributed by atoms with Crippen LogP contribution in [-0.4, -0.2) is 41.9 Å². The molecule has 4 heterocycles. The van der Waals surface area contributed by atoms with Gasteiger partial charge in [0.05, 0.1) is 18.2 Å². The second-order valence-electron chi connectivity index (χ2n) is 9.52. The maximum atomic E-state index is 12.7. The van der Waals surface area contributed by atoms with E-state index >= 15 is 0 Å². The highest BCUT2D eigenvalue weighted by Crippen LogP contribution is 2.31. The molecular weight excluding hydrogens is 490 g/mol. The summed E-state index contributed by atoms with van der Waals surface area (Å²) in [5.41, 5.74) is 4.79. The summed E-state index contributed by atoms with van der Waals surface area (Å²) in [5, 5.41) is 17.2. The molecule has 6 rings (SSSR count). The number of fused-ring (bicyclic) bond motifs is 1. The van der Waals surface area contributed by atoms with Crippen molar-refractivity contribution in [3.8, 4) is 22.6 Å². The summed E-state index contributed by atoms with van der Waals surface area (Å²) in [6.07, 6.45) is 13.4. The fourth-order valence-corrected chi connectivity index (χ4v) is 5.10. The Kier molecular flexibility index (Phi) is 6.21. The lowest BCUT2D eigenvalue weighted by molar-refractivity contribution is 0.0927. The summed E-state index contributed by atoms with van der Waals surface area (Å²) in [6, 6.07) is 7.62. The number of halogens is 1. The molecule has 1 aliphatic carbocycles. The molecule has 188 valence electrons. The van der Waals surface area contributed by atoms with Crippen molar-refractivity contribution in [2.24, 2.45) is 7.05 Å². The van der Waals surface area contributed by atoms with Crippen molar-refractivity contribution in [1.29, 1.82) is 0 Å². The number of nitrogens with zero attached hydrogens (tertiary/aromatic N) is 5. The summed E-state index contributed by atoms with van der Waals surface area (Å²) < 4.78 is 7.75. The Balaban J connectivity index is 1.19. The van der Waals surface area contributed by atoms with Gasteiger partial charge in [0, 0.05) is 58.8 Å². The van der Waals surface area contributed by atoms with Crippen molar-refractivity contribution in [1.82, 2.24) is 35.3 Å². The predicted octanol–water partition coefficient (Wildman–Crippen LogP) is 5.32. The van der Waals surface area contributed by atoms with Gasteiger partial charge in [-0.2, -0.15) is 5.10 Å². The van der Waals surface area contributed by atoms with Gasteiger partial charge in [-0.15, -0.1) is 10.2 Å². The highest BCUT2D eigenvalue weighted by atomic mass is 35.5. The van der Waals surface area contributed by atoms with E-state index in [9.17, 15) is 4.79 Å². The van der Waals surface area contributed by atoms with Crippen LogP contribution in [0, 0.1) is 0 Å². The van der Waals surface area contributed by atoms with E-state index in [4.69, 9.17) is 16.0 Å². The molecule has 0 bridgehead atoms. The number of carbonyl (C=O) groups is 1. The summed E-state index contributed by atoms with van der Waals surface area (Å²) in [4.78, 5) is 20.4. The van der Waals surface area contributed by atoms with Gasteiger partial charge >= 0.3 is 0 Å². The highest BCUT2D eigenvalue weighted by molar-refractivity contribution is 6.31. The number of aryl methyl sites for hydroxylation is 1. The standard InChI is InChI=1S/C27H26ClN7O2/c1-35-15-19(13-31-35)18-9-21-22(14-30-25(21)29-12-18)27-34-33-24(37-27)11-16-7-8-17(10-23(16)28)26(36)32-20-5-3-2-4-6-20/h7-10,12-15,20H,2-6,11H2,1H3,(H,29,30)(H,32,36). The smallest absolute Gasteiger partial charge is 0.251 e. The Labute approximate surface area is 218 Å². The van der Waals surface area contributed by atoms with Crippen molar-refractivity contribution in [2.45, 2.75) is 44.6 Å². The van der Waals surface area contributed by atoms with E-state index in [1.165, 1.54) is 6.42 Å². The van der Waals surface area contributed by atoms with Crippen molar-refractivity contribution in [3.05, 3.63) is 71.1 Å². The first-order valence-corrected chi connectivity index (χ1v) is 12.8. The molecule has 0 radical (unpaired) electrons. The van der Waals surface area contributed by atoms with Crippen molar-refractivity contribution in [2.75, 3.05) is 0 Å². The van der Waals surface area contributed by atoms with Gasteiger partial charge in [0.1, 0.15) is 5.65 Å². The first-order chi connectivity index (χ1) is 18.0. The van der Waals surface area contributed by atoms with Gasteiger partial charge in [-0.25, -0.2) is 4.98 Å². The Hall–Kier alpha value is -3.98. The minimum atomic E-state index is -0.0842. The molecule has 4 aromatic heterocycles. The van der Waals surface area contributed by atoms with Gasteiger partial charge in [-0.3, -0.25) is 9.48 Å². The summed E-state index contributed by atoms with van der Waals surface area (Å²) >= 11 is 6.54. The largest absolute Gasteiger partial charge is 0.420 e. The molecule has 1 amide bonds. The lowest BCUT2D eigenvalue weighted by Crippen LogP contribution is -2.36. The number of pyridine rings is 1. The number of H-pyrrole nitrogens is 1. The van der Waals surface area contributed by atoms with E-state index in [0.717, 1.165) is 59.0 Å². The summed E-state index contributed by atoms with van der Waals surface area (Å²) in [5.74, 6) is 0.743. The van der Waals surface area contributed by atoms with Gasteiger partial charge in [0.15, 0.2) is 0 Å². The van der Waals surface area contributed by atoms with Gasteiger partial charge in [-0.1, -0.05) is 36.9 Å². The Morgan fingerprint density at radius 3 is 2.81 bits per heavy atom. The summed E-state index contributed by atoms with van der Waals surface area (Å²) in [6.45, 7) is 0. The molecule has 2 N–H and O–H groups in total. The first kappa shape index (κ1) is 23.4. The van der Waals surface area contributed by atoms with Crippen LogP contribution < -0.4 is 5.32 Å². The average molecular weight is 516 g/mol. The van der Waals surface area contributed by atoms with Crippen molar-refractivity contribution >= 4 is 28.5 Å². The maximum Gasteiger partial charge on any atom is 0.251 e. The van der Waals surface area contributed by atoms with Crippen LogP contribution >= 0.6 is 11.6 Å². The van der Waals surface area contributed by atoms with E-state index in [2.05, 4.69) is 30.6 Å². The predicted molar refractivity (Wildman–Crippen MR) is 140 cm³/mol.